The maximum atomic E-state index is 13.8. The monoisotopic (exact) mass is 531 g/mol. The predicted molar refractivity (Wildman–Crippen MR) is 149 cm³/mol. The van der Waals surface area contributed by atoms with Gasteiger partial charge in [-0.3, -0.25) is 19.2 Å². The third kappa shape index (κ3) is 5.68. The number of hydrogen-bond acceptors (Lipinski definition) is 6. The molecule has 39 heavy (non-hydrogen) atoms. The predicted octanol–water partition coefficient (Wildman–Crippen LogP) is 1.94. The molecule has 0 aliphatic carbocycles. The third-order valence-electron chi connectivity index (χ3n) is 7.89. The molecule has 206 valence electrons. The fourth-order valence-corrected chi connectivity index (χ4v) is 5.99. The third-order valence-corrected chi connectivity index (χ3v) is 7.89. The van der Waals surface area contributed by atoms with E-state index in [-0.39, 0.29) is 42.0 Å². The maximum Gasteiger partial charge on any atom is 0.254 e. The van der Waals surface area contributed by atoms with Gasteiger partial charge >= 0.3 is 0 Å². The SMILES string of the molecule is CC(C)C[C@H](NC(=O)c1cccc(N2CCNCC2)c1)C(=O)N1CCC2[C@H]1C(=O)CN2C(=O)c1ccccc1. The summed E-state index contributed by atoms with van der Waals surface area (Å²) in [6, 6.07) is 14.6. The van der Waals surface area contributed by atoms with Crippen LogP contribution in [0.25, 0.3) is 0 Å². The van der Waals surface area contributed by atoms with E-state index in [0.717, 1.165) is 31.9 Å². The van der Waals surface area contributed by atoms with E-state index in [1.807, 2.05) is 38.1 Å². The molecule has 3 aliphatic heterocycles. The van der Waals surface area contributed by atoms with Gasteiger partial charge in [0.2, 0.25) is 5.91 Å². The molecule has 3 amide bonds. The van der Waals surface area contributed by atoms with Gasteiger partial charge in [0.1, 0.15) is 12.1 Å². The topological polar surface area (TPSA) is 102 Å². The number of ketones is 1. The molecular formula is C30H37N5O4. The highest BCUT2D eigenvalue weighted by molar-refractivity contribution is 6.03. The van der Waals surface area contributed by atoms with Crippen LogP contribution < -0.4 is 15.5 Å². The lowest BCUT2D eigenvalue weighted by atomic mass is 10.0. The minimum absolute atomic E-state index is 0.00708. The highest BCUT2D eigenvalue weighted by atomic mass is 16.2. The molecule has 3 fully saturated rings. The lowest BCUT2D eigenvalue weighted by molar-refractivity contribution is -0.138. The molecule has 0 saturated carbocycles. The Bertz CT molecular complexity index is 1230. The molecule has 1 unspecified atom stereocenters. The van der Waals surface area contributed by atoms with Crippen LogP contribution in [0.2, 0.25) is 0 Å². The fourth-order valence-electron chi connectivity index (χ4n) is 5.99. The van der Waals surface area contributed by atoms with Crippen molar-refractivity contribution in [3.8, 4) is 0 Å². The van der Waals surface area contributed by atoms with Crippen molar-refractivity contribution in [2.24, 2.45) is 5.92 Å². The summed E-state index contributed by atoms with van der Waals surface area (Å²) in [5, 5.41) is 6.31. The van der Waals surface area contributed by atoms with Crippen LogP contribution in [0.1, 0.15) is 47.4 Å². The molecule has 9 heteroatoms. The van der Waals surface area contributed by atoms with Crippen LogP contribution in [0, 0.1) is 5.92 Å². The highest BCUT2D eigenvalue weighted by Gasteiger charge is 2.52. The largest absolute Gasteiger partial charge is 0.369 e. The summed E-state index contributed by atoms with van der Waals surface area (Å²) in [5.41, 5.74) is 2.02. The van der Waals surface area contributed by atoms with Crippen molar-refractivity contribution in [1.29, 1.82) is 0 Å². The lowest BCUT2D eigenvalue weighted by Crippen LogP contribution is -2.53. The molecule has 0 radical (unpaired) electrons. The van der Waals surface area contributed by atoms with Gasteiger partial charge in [-0.15, -0.1) is 0 Å². The first-order valence-electron chi connectivity index (χ1n) is 13.9. The zero-order valence-electron chi connectivity index (χ0n) is 22.6. The summed E-state index contributed by atoms with van der Waals surface area (Å²) >= 11 is 0. The standard InChI is InChI=1S/C30H37N5O4/c1-20(2)17-24(32-28(37)22-9-6-10-23(18-22)33-15-12-31-13-16-33)30(39)34-14-11-25-27(34)26(36)19-35(25)29(38)21-7-4-3-5-8-21/h3-10,18,20,24-25,27,31H,11-17,19H2,1-2H3,(H,32,37)/t24-,25?,27-/m0/s1. The average molecular weight is 532 g/mol. The minimum atomic E-state index is -0.759. The van der Waals surface area contributed by atoms with E-state index in [1.165, 1.54) is 0 Å². The van der Waals surface area contributed by atoms with Crippen molar-refractivity contribution in [3.63, 3.8) is 0 Å². The van der Waals surface area contributed by atoms with Crippen molar-refractivity contribution in [1.82, 2.24) is 20.4 Å². The van der Waals surface area contributed by atoms with Crippen LogP contribution in [0.4, 0.5) is 5.69 Å². The Morgan fingerprint density at radius 1 is 0.949 bits per heavy atom. The van der Waals surface area contributed by atoms with E-state index in [1.54, 1.807) is 40.1 Å². The first-order valence-corrected chi connectivity index (χ1v) is 13.9. The van der Waals surface area contributed by atoms with Gasteiger partial charge in [-0.2, -0.15) is 0 Å². The molecule has 2 aromatic rings. The number of carbonyl (C=O) groups is 4. The maximum absolute atomic E-state index is 13.8. The van der Waals surface area contributed by atoms with Crippen LogP contribution in [0.15, 0.2) is 54.6 Å². The highest BCUT2D eigenvalue weighted by Crippen LogP contribution is 2.32. The van der Waals surface area contributed by atoms with Crippen molar-refractivity contribution >= 4 is 29.2 Å². The first kappa shape index (κ1) is 26.9. The number of likely N-dealkylation sites (tertiary alicyclic amines) is 2. The Morgan fingerprint density at radius 2 is 1.67 bits per heavy atom. The second kappa shape index (κ2) is 11.6. The molecule has 9 nitrogen and oxygen atoms in total. The van der Waals surface area contributed by atoms with Gasteiger partial charge in [-0.1, -0.05) is 38.1 Å². The molecule has 3 atom stereocenters. The smallest absolute Gasteiger partial charge is 0.254 e. The van der Waals surface area contributed by atoms with E-state index >= 15 is 0 Å². The molecular weight excluding hydrogens is 494 g/mol. The lowest BCUT2D eigenvalue weighted by Gasteiger charge is -2.30. The second-order valence-corrected chi connectivity index (χ2v) is 11.0. The number of piperazine rings is 1. The number of rotatable bonds is 7. The van der Waals surface area contributed by atoms with Gasteiger partial charge in [0.25, 0.3) is 11.8 Å². The Labute approximate surface area is 229 Å². The summed E-state index contributed by atoms with van der Waals surface area (Å²) < 4.78 is 0. The summed E-state index contributed by atoms with van der Waals surface area (Å²) in [4.78, 5) is 58.9. The van der Waals surface area contributed by atoms with Crippen molar-refractivity contribution < 1.29 is 19.2 Å². The summed E-state index contributed by atoms with van der Waals surface area (Å²) in [6.45, 7) is 7.91. The Kier molecular flexibility index (Phi) is 7.97. The van der Waals surface area contributed by atoms with Gasteiger partial charge in [-0.25, -0.2) is 0 Å². The number of fused-ring (bicyclic) bond motifs is 1. The van der Waals surface area contributed by atoms with E-state index in [0.29, 0.717) is 30.5 Å². The van der Waals surface area contributed by atoms with Crippen molar-refractivity contribution in [2.45, 2.75) is 44.8 Å². The van der Waals surface area contributed by atoms with Crippen LogP contribution in [-0.2, 0) is 9.59 Å². The van der Waals surface area contributed by atoms with Gasteiger partial charge in [0, 0.05) is 49.5 Å². The minimum Gasteiger partial charge on any atom is -0.369 e. The molecule has 0 bridgehead atoms. The van der Waals surface area contributed by atoms with Gasteiger partial charge in [0.15, 0.2) is 5.78 Å². The molecule has 3 aliphatic rings. The number of nitrogens with one attached hydrogen (secondary N) is 2. The van der Waals surface area contributed by atoms with Crippen molar-refractivity contribution in [3.05, 3.63) is 65.7 Å². The Morgan fingerprint density at radius 3 is 2.38 bits per heavy atom. The van der Waals surface area contributed by atoms with E-state index in [2.05, 4.69) is 15.5 Å². The number of carbonyl (C=O) groups excluding carboxylic acids is 4. The Hall–Kier alpha value is -3.72. The number of nitrogens with zero attached hydrogens (tertiary/aromatic N) is 3. The van der Waals surface area contributed by atoms with Crippen LogP contribution in [-0.4, -0.2) is 90.7 Å². The summed E-state index contributed by atoms with van der Waals surface area (Å²) in [6.07, 6.45) is 0.993. The molecule has 3 saturated heterocycles. The van der Waals surface area contributed by atoms with Gasteiger partial charge in [0.05, 0.1) is 12.6 Å². The van der Waals surface area contributed by atoms with Crippen LogP contribution in [0.3, 0.4) is 0 Å². The molecule has 2 aromatic carbocycles. The number of Topliss-reactive ketones (excluding diaryl/α,β-unsaturated/α-hetero) is 1. The molecule has 3 heterocycles. The molecule has 0 spiro atoms. The molecule has 2 N–H and O–H groups in total. The van der Waals surface area contributed by atoms with Crippen molar-refractivity contribution in [2.75, 3.05) is 44.2 Å². The summed E-state index contributed by atoms with van der Waals surface area (Å²) in [7, 11) is 0. The second-order valence-electron chi connectivity index (χ2n) is 11.0. The molecule has 0 aromatic heterocycles. The number of anilines is 1. The summed E-state index contributed by atoms with van der Waals surface area (Å²) in [5.74, 6) is -0.735. The fraction of sp³-hybridized carbons (Fsp3) is 0.467. The molecule has 5 rings (SSSR count). The quantitative estimate of drug-likeness (QED) is 0.566. The zero-order valence-corrected chi connectivity index (χ0v) is 22.6. The van der Waals surface area contributed by atoms with E-state index in [4.69, 9.17) is 0 Å². The normalized spacial score (nSPS) is 21.7. The first-order chi connectivity index (χ1) is 18.8. The Balaban J connectivity index is 1.30. The van der Waals surface area contributed by atoms with E-state index < -0.39 is 12.1 Å². The van der Waals surface area contributed by atoms with Gasteiger partial charge in [-0.05, 0) is 49.1 Å². The van der Waals surface area contributed by atoms with Crippen LogP contribution in [0.5, 0.6) is 0 Å². The number of hydrogen-bond donors (Lipinski definition) is 2. The van der Waals surface area contributed by atoms with Crippen LogP contribution >= 0.6 is 0 Å². The zero-order chi connectivity index (χ0) is 27.5. The van der Waals surface area contributed by atoms with Gasteiger partial charge < -0.3 is 25.3 Å². The van der Waals surface area contributed by atoms with E-state index in [9.17, 15) is 19.2 Å². The number of amides is 3. The average Bonchev–Trinajstić information content (AvgIpc) is 3.54. The number of benzene rings is 2.